The molecular weight excluding hydrogens is 340 g/mol. The number of nitrogens with zero attached hydrogens (tertiary/aromatic N) is 1. The molecule has 1 heterocycles. The van der Waals surface area contributed by atoms with E-state index in [9.17, 15) is 13.2 Å². The zero-order valence-electron chi connectivity index (χ0n) is 12.8. The van der Waals surface area contributed by atoms with Gasteiger partial charge in [-0.15, -0.1) is 0 Å². The Balaban J connectivity index is 1.86. The Morgan fingerprint density at radius 3 is 2.78 bits per heavy atom. The van der Waals surface area contributed by atoms with Gasteiger partial charge in [0.05, 0.1) is 17.7 Å². The number of carbonyl (C=O) groups excluding carboxylic acids is 1. The summed E-state index contributed by atoms with van der Waals surface area (Å²) in [4.78, 5) is 14.2. The maximum Gasteiger partial charge on any atom is 0.254 e. The van der Waals surface area contributed by atoms with Crippen LogP contribution in [0.4, 0.5) is 0 Å². The predicted octanol–water partition coefficient (Wildman–Crippen LogP) is 1.64. The lowest BCUT2D eigenvalue weighted by Crippen LogP contribution is -2.44. The average molecular weight is 359 g/mol. The minimum atomic E-state index is -3.70. The molecule has 126 valence electrons. The summed E-state index contributed by atoms with van der Waals surface area (Å²) >= 11 is 6.03. The van der Waals surface area contributed by atoms with Gasteiger partial charge in [0.2, 0.25) is 10.0 Å². The number of rotatable bonds is 4. The van der Waals surface area contributed by atoms with Crippen LogP contribution >= 0.6 is 11.6 Å². The predicted molar refractivity (Wildman–Crippen MR) is 86.1 cm³/mol. The van der Waals surface area contributed by atoms with E-state index in [0.29, 0.717) is 25.3 Å². The Hall–Kier alpha value is -1.15. The summed E-state index contributed by atoms with van der Waals surface area (Å²) in [6, 6.07) is 4.35. The largest absolute Gasteiger partial charge is 0.375 e. The van der Waals surface area contributed by atoms with E-state index < -0.39 is 10.0 Å². The van der Waals surface area contributed by atoms with Gasteiger partial charge in [0.25, 0.3) is 5.91 Å². The van der Waals surface area contributed by atoms with Crippen LogP contribution in [0, 0.1) is 0 Å². The lowest BCUT2D eigenvalue weighted by atomic mass is 10.2. The van der Waals surface area contributed by atoms with Crippen LogP contribution in [-0.4, -0.2) is 51.1 Å². The molecule has 0 aromatic heterocycles. The second-order valence-corrected chi connectivity index (χ2v) is 8.06. The highest BCUT2D eigenvalue weighted by molar-refractivity contribution is 7.89. The van der Waals surface area contributed by atoms with E-state index in [-0.39, 0.29) is 28.0 Å². The molecular formula is C15H19ClN2O4S. The van der Waals surface area contributed by atoms with Gasteiger partial charge in [0.1, 0.15) is 4.90 Å². The topological polar surface area (TPSA) is 75.7 Å². The number of morpholine rings is 1. The number of ether oxygens (including phenoxy) is 1. The molecule has 1 amide bonds. The van der Waals surface area contributed by atoms with Crippen LogP contribution < -0.4 is 4.72 Å². The summed E-state index contributed by atoms with van der Waals surface area (Å²) in [5.74, 6) is -0.209. The molecule has 3 rings (SSSR count). The summed E-state index contributed by atoms with van der Waals surface area (Å²) in [5, 5.41) is 0.116. The molecule has 23 heavy (non-hydrogen) atoms. The monoisotopic (exact) mass is 358 g/mol. The molecule has 2 aliphatic rings. The van der Waals surface area contributed by atoms with Crippen molar-refractivity contribution in [3.63, 3.8) is 0 Å². The van der Waals surface area contributed by atoms with Crippen molar-refractivity contribution in [2.75, 3.05) is 19.7 Å². The smallest absolute Gasteiger partial charge is 0.254 e. The molecule has 1 saturated carbocycles. The van der Waals surface area contributed by atoms with Crippen molar-refractivity contribution < 1.29 is 17.9 Å². The number of carbonyl (C=O) groups is 1. The molecule has 6 nitrogen and oxygen atoms in total. The molecule has 0 bridgehead atoms. The van der Waals surface area contributed by atoms with Crippen LogP contribution in [0.1, 0.15) is 30.1 Å². The Bertz CT molecular complexity index is 718. The Morgan fingerprint density at radius 2 is 2.13 bits per heavy atom. The standard InChI is InChI=1S/C15H19ClN2O4S/c1-10-9-18(6-7-22-10)15(19)11-2-5-13(16)14(8-11)23(20,21)17-12-3-4-12/h2,5,8,10,12,17H,3-4,6-7,9H2,1H3. The van der Waals surface area contributed by atoms with Gasteiger partial charge in [-0.3, -0.25) is 4.79 Å². The number of nitrogens with one attached hydrogen (secondary N) is 1. The first-order chi connectivity index (χ1) is 10.9. The van der Waals surface area contributed by atoms with Gasteiger partial charge in [-0.2, -0.15) is 0 Å². The number of hydrogen-bond acceptors (Lipinski definition) is 4. The number of halogens is 1. The fraction of sp³-hybridized carbons (Fsp3) is 0.533. The zero-order valence-corrected chi connectivity index (χ0v) is 14.4. The third-order valence-electron chi connectivity index (χ3n) is 3.90. The summed E-state index contributed by atoms with van der Waals surface area (Å²) in [6.45, 7) is 3.36. The van der Waals surface area contributed by atoms with Crippen LogP contribution in [0.15, 0.2) is 23.1 Å². The molecule has 8 heteroatoms. The molecule has 1 aromatic carbocycles. The molecule has 1 saturated heterocycles. The Labute approximate surface area is 140 Å². The maximum absolute atomic E-state index is 12.6. The van der Waals surface area contributed by atoms with Crippen molar-refractivity contribution in [1.29, 1.82) is 0 Å². The number of amides is 1. The Kier molecular flexibility index (Phi) is 4.64. The minimum Gasteiger partial charge on any atom is -0.375 e. The highest BCUT2D eigenvalue weighted by atomic mass is 35.5. The van der Waals surface area contributed by atoms with E-state index in [1.807, 2.05) is 6.92 Å². The lowest BCUT2D eigenvalue weighted by Gasteiger charge is -2.31. The van der Waals surface area contributed by atoms with Crippen molar-refractivity contribution in [3.8, 4) is 0 Å². The molecule has 1 atom stereocenters. The van der Waals surface area contributed by atoms with Gasteiger partial charge in [0, 0.05) is 24.7 Å². The van der Waals surface area contributed by atoms with Gasteiger partial charge in [-0.25, -0.2) is 13.1 Å². The first-order valence-corrected chi connectivity index (χ1v) is 9.46. The van der Waals surface area contributed by atoms with Crippen molar-refractivity contribution >= 4 is 27.5 Å². The lowest BCUT2D eigenvalue weighted by molar-refractivity contribution is -0.0124. The van der Waals surface area contributed by atoms with Gasteiger partial charge in [-0.1, -0.05) is 11.6 Å². The molecule has 0 spiro atoms. The molecule has 1 aliphatic heterocycles. The quantitative estimate of drug-likeness (QED) is 0.887. The first-order valence-electron chi connectivity index (χ1n) is 7.59. The third kappa shape index (κ3) is 3.85. The van der Waals surface area contributed by atoms with Crippen LogP contribution in [0.25, 0.3) is 0 Å². The highest BCUT2D eigenvalue weighted by Gasteiger charge is 2.30. The maximum atomic E-state index is 12.6. The van der Waals surface area contributed by atoms with E-state index in [0.717, 1.165) is 12.8 Å². The van der Waals surface area contributed by atoms with Crippen LogP contribution in [0.5, 0.6) is 0 Å². The molecule has 1 N–H and O–H groups in total. The molecule has 0 radical (unpaired) electrons. The van der Waals surface area contributed by atoms with Gasteiger partial charge in [-0.05, 0) is 38.0 Å². The molecule has 2 fully saturated rings. The summed E-state index contributed by atoms with van der Waals surface area (Å²) < 4.78 is 32.7. The normalized spacial score (nSPS) is 22.2. The fourth-order valence-corrected chi connectivity index (χ4v) is 4.34. The third-order valence-corrected chi connectivity index (χ3v) is 5.90. The molecule has 1 aliphatic carbocycles. The fourth-order valence-electron chi connectivity index (χ4n) is 2.51. The van der Waals surface area contributed by atoms with Gasteiger partial charge < -0.3 is 9.64 Å². The van der Waals surface area contributed by atoms with Crippen molar-refractivity contribution in [1.82, 2.24) is 9.62 Å². The van der Waals surface area contributed by atoms with Crippen LogP contribution in [0.3, 0.4) is 0 Å². The van der Waals surface area contributed by atoms with Crippen molar-refractivity contribution in [2.45, 2.75) is 36.8 Å². The highest BCUT2D eigenvalue weighted by Crippen LogP contribution is 2.27. The van der Waals surface area contributed by atoms with Crippen molar-refractivity contribution in [3.05, 3.63) is 28.8 Å². The summed E-state index contributed by atoms with van der Waals surface area (Å²) in [7, 11) is -3.70. The van der Waals surface area contributed by atoms with E-state index >= 15 is 0 Å². The summed E-state index contributed by atoms with van der Waals surface area (Å²) in [5.41, 5.74) is 0.319. The number of hydrogen-bond donors (Lipinski definition) is 1. The minimum absolute atomic E-state index is 0.0180. The van der Waals surface area contributed by atoms with Crippen LogP contribution in [0.2, 0.25) is 5.02 Å². The number of sulfonamides is 1. The van der Waals surface area contributed by atoms with E-state index in [4.69, 9.17) is 16.3 Å². The number of benzene rings is 1. The zero-order chi connectivity index (χ0) is 16.6. The van der Waals surface area contributed by atoms with Crippen LogP contribution in [-0.2, 0) is 14.8 Å². The Morgan fingerprint density at radius 1 is 1.39 bits per heavy atom. The molecule has 1 aromatic rings. The van der Waals surface area contributed by atoms with Crippen molar-refractivity contribution in [2.24, 2.45) is 0 Å². The first kappa shape index (κ1) is 16.7. The SMILES string of the molecule is CC1CN(C(=O)c2ccc(Cl)c(S(=O)(=O)NC3CC3)c2)CCO1. The van der Waals surface area contributed by atoms with E-state index in [2.05, 4.69) is 4.72 Å². The summed E-state index contributed by atoms with van der Waals surface area (Å²) in [6.07, 6.45) is 1.64. The van der Waals surface area contributed by atoms with E-state index in [1.165, 1.54) is 12.1 Å². The van der Waals surface area contributed by atoms with Gasteiger partial charge in [0.15, 0.2) is 0 Å². The van der Waals surface area contributed by atoms with E-state index in [1.54, 1.807) is 11.0 Å². The molecule has 1 unspecified atom stereocenters. The second kappa shape index (κ2) is 6.39. The average Bonchev–Trinajstić information content (AvgIpc) is 3.30. The van der Waals surface area contributed by atoms with Gasteiger partial charge >= 0.3 is 0 Å². The second-order valence-electron chi connectivity index (χ2n) is 5.97.